The maximum atomic E-state index is 12.6. The van der Waals surface area contributed by atoms with Crippen LogP contribution in [0.15, 0.2) is 71.1 Å². The number of amides is 1. The minimum absolute atomic E-state index is 0.171. The fourth-order valence-electron chi connectivity index (χ4n) is 2.85. The second-order valence-electron chi connectivity index (χ2n) is 6.99. The highest BCUT2D eigenvalue weighted by molar-refractivity contribution is 7.20. The van der Waals surface area contributed by atoms with Gasteiger partial charge in [0.05, 0.1) is 11.1 Å². The van der Waals surface area contributed by atoms with Crippen LogP contribution in [0.25, 0.3) is 11.3 Å². The average molecular weight is 482 g/mol. The summed E-state index contributed by atoms with van der Waals surface area (Å²) in [4.78, 5) is 19.9. The Kier molecular flexibility index (Phi) is 6.84. The van der Waals surface area contributed by atoms with Gasteiger partial charge >= 0.3 is 0 Å². The Balaban J connectivity index is 1.55. The van der Waals surface area contributed by atoms with E-state index in [4.69, 9.17) is 11.6 Å². The maximum Gasteiger partial charge on any atom is 0.266 e. The van der Waals surface area contributed by atoms with Crippen molar-refractivity contribution in [2.45, 2.75) is 0 Å². The third kappa shape index (κ3) is 5.34. The number of carbonyl (C=O) groups excluding carboxylic acids is 1. The second-order valence-corrected chi connectivity index (χ2v) is 9.37. The van der Waals surface area contributed by atoms with E-state index in [0.29, 0.717) is 25.7 Å². The van der Waals surface area contributed by atoms with Gasteiger partial charge in [-0.05, 0) is 41.3 Å². The Bertz CT molecular complexity index is 1220. The van der Waals surface area contributed by atoms with E-state index in [2.05, 4.69) is 20.8 Å². The molecule has 0 spiro atoms. The third-order valence-corrected chi connectivity index (χ3v) is 6.50. The van der Waals surface area contributed by atoms with Gasteiger partial charge < -0.3 is 10.2 Å². The van der Waals surface area contributed by atoms with Gasteiger partial charge in [0.25, 0.3) is 5.91 Å². The molecular formula is C23H20ClN5OS2. The van der Waals surface area contributed by atoms with E-state index in [0.717, 1.165) is 16.8 Å². The number of nitrogens with zero attached hydrogens (tertiary/aromatic N) is 3. The molecule has 0 aliphatic rings. The van der Waals surface area contributed by atoms with Gasteiger partial charge in [-0.3, -0.25) is 10.2 Å². The third-order valence-electron chi connectivity index (χ3n) is 4.50. The first-order chi connectivity index (χ1) is 15.5. The first kappa shape index (κ1) is 22.0. The molecule has 6 nitrogen and oxygen atoms in total. The molecule has 1 amide bonds. The molecule has 4 rings (SSSR count). The highest BCUT2D eigenvalue weighted by Crippen LogP contribution is 2.36. The van der Waals surface area contributed by atoms with Gasteiger partial charge in [0.15, 0.2) is 0 Å². The number of thiophene rings is 1. The van der Waals surface area contributed by atoms with Crippen molar-refractivity contribution in [2.75, 3.05) is 29.7 Å². The summed E-state index contributed by atoms with van der Waals surface area (Å²) in [6, 6.07) is 19.0. The predicted octanol–water partition coefficient (Wildman–Crippen LogP) is 6.29. The van der Waals surface area contributed by atoms with Gasteiger partial charge in [-0.2, -0.15) is 5.10 Å². The highest BCUT2D eigenvalue weighted by atomic mass is 35.5. The lowest BCUT2D eigenvalue weighted by molar-refractivity contribution is 0.103. The number of nitrogens with one attached hydrogen (secondary N) is 2. The molecule has 9 heteroatoms. The Labute approximate surface area is 199 Å². The summed E-state index contributed by atoms with van der Waals surface area (Å²) >= 11 is 8.74. The van der Waals surface area contributed by atoms with Crippen LogP contribution in [0.3, 0.4) is 0 Å². The van der Waals surface area contributed by atoms with E-state index in [1.54, 1.807) is 24.4 Å². The van der Waals surface area contributed by atoms with Crippen LogP contribution in [0.4, 0.5) is 15.8 Å². The topological polar surface area (TPSA) is 69.6 Å². The van der Waals surface area contributed by atoms with Crippen molar-refractivity contribution in [2.24, 2.45) is 5.10 Å². The number of rotatable bonds is 7. The molecule has 0 bridgehead atoms. The molecular weight excluding hydrogens is 462 g/mol. The van der Waals surface area contributed by atoms with E-state index in [1.807, 2.05) is 66.8 Å². The number of aromatic nitrogens is 1. The monoisotopic (exact) mass is 481 g/mol. The molecule has 2 aromatic heterocycles. The summed E-state index contributed by atoms with van der Waals surface area (Å²) in [5.41, 5.74) is 6.56. The predicted molar refractivity (Wildman–Crippen MR) is 137 cm³/mol. The Hall–Kier alpha value is -3.20. The van der Waals surface area contributed by atoms with Crippen molar-refractivity contribution in [1.82, 2.24) is 4.98 Å². The number of thiazole rings is 1. The van der Waals surface area contributed by atoms with E-state index >= 15 is 0 Å². The van der Waals surface area contributed by atoms with E-state index in [1.165, 1.54) is 22.7 Å². The van der Waals surface area contributed by atoms with Gasteiger partial charge in [-0.1, -0.05) is 53.3 Å². The summed E-state index contributed by atoms with van der Waals surface area (Å²) in [7, 11) is 4.00. The highest BCUT2D eigenvalue weighted by Gasteiger charge is 2.17. The lowest BCUT2D eigenvalue weighted by Crippen LogP contribution is -2.09. The van der Waals surface area contributed by atoms with Crippen molar-refractivity contribution in [3.8, 4) is 11.3 Å². The quantitative estimate of drug-likeness (QED) is 0.240. The first-order valence-corrected chi connectivity index (χ1v) is 11.7. The Morgan fingerprint density at radius 2 is 1.84 bits per heavy atom. The number of hydrogen-bond donors (Lipinski definition) is 2. The van der Waals surface area contributed by atoms with Crippen molar-refractivity contribution < 1.29 is 4.79 Å². The zero-order chi connectivity index (χ0) is 22.5. The fraction of sp³-hybridized carbons (Fsp3) is 0.0870. The summed E-state index contributed by atoms with van der Waals surface area (Å²) in [5, 5.41) is 11.0. The summed E-state index contributed by atoms with van der Waals surface area (Å²) < 4.78 is 0. The largest absolute Gasteiger partial charge is 0.378 e. The smallest absolute Gasteiger partial charge is 0.266 e. The standard InChI is InChI=1S/C23H20ClN5OS2/c1-29(2)18-11-5-15(6-12-18)14-25-28-23-26-20(16-7-9-17(24)10-8-16)22(32-23)27-21(30)19-4-3-13-31-19/h3-14H,1-2H3,(H,26,28)(H,27,30)/b25-14+. The summed E-state index contributed by atoms with van der Waals surface area (Å²) in [5.74, 6) is -0.171. The first-order valence-electron chi connectivity index (χ1n) is 9.67. The van der Waals surface area contributed by atoms with Crippen LogP contribution < -0.4 is 15.6 Å². The van der Waals surface area contributed by atoms with Gasteiger partial charge in [-0.25, -0.2) is 4.98 Å². The number of carbonyl (C=O) groups is 1. The minimum atomic E-state index is -0.171. The molecule has 0 saturated heterocycles. The molecule has 0 atom stereocenters. The fourth-order valence-corrected chi connectivity index (χ4v) is 4.43. The SMILES string of the molecule is CN(C)c1ccc(/C=N/Nc2nc(-c3ccc(Cl)cc3)c(NC(=O)c3cccs3)s2)cc1. The van der Waals surface area contributed by atoms with Crippen molar-refractivity contribution in [1.29, 1.82) is 0 Å². The number of halogens is 1. The Morgan fingerprint density at radius 1 is 1.09 bits per heavy atom. The maximum absolute atomic E-state index is 12.6. The molecule has 4 aromatic rings. The molecule has 2 heterocycles. The molecule has 0 aliphatic heterocycles. The molecule has 2 N–H and O–H groups in total. The molecule has 0 unspecified atom stereocenters. The van der Waals surface area contributed by atoms with Crippen LogP contribution in [0.5, 0.6) is 0 Å². The molecule has 0 saturated carbocycles. The lowest BCUT2D eigenvalue weighted by atomic mass is 10.1. The number of hydrazone groups is 1. The molecule has 32 heavy (non-hydrogen) atoms. The van der Waals surface area contributed by atoms with E-state index in [-0.39, 0.29) is 5.91 Å². The van der Waals surface area contributed by atoms with Gasteiger partial charge in [-0.15, -0.1) is 11.3 Å². The molecule has 0 fully saturated rings. The molecule has 2 aromatic carbocycles. The zero-order valence-electron chi connectivity index (χ0n) is 17.4. The zero-order valence-corrected chi connectivity index (χ0v) is 19.8. The Morgan fingerprint density at radius 3 is 2.50 bits per heavy atom. The lowest BCUT2D eigenvalue weighted by Gasteiger charge is -2.11. The second kappa shape index (κ2) is 9.95. The van der Waals surface area contributed by atoms with Gasteiger partial charge in [0.2, 0.25) is 5.13 Å². The van der Waals surface area contributed by atoms with Crippen molar-refractivity contribution in [3.05, 3.63) is 81.5 Å². The normalized spacial score (nSPS) is 11.0. The van der Waals surface area contributed by atoms with Gasteiger partial charge in [0, 0.05) is 30.4 Å². The molecule has 0 aliphatic carbocycles. The van der Waals surface area contributed by atoms with Crippen LogP contribution in [-0.4, -0.2) is 31.2 Å². The average Bonchev–Trinajstić information content (AvgIpc) is 3.45. The van der Waals surface area contributed by atoms with Crippen LogP contribution >= 0.6 is 34.3 Å². The summed E-state index contributed by atoms with van der Waals surface area (Å²) in [6.07, 6.45) is 1.73. The van der Waals surface area contributed by atoms with Crippen LogP contribution in [0, 0.1) is 0 Å². The van der Waals surface area contributed by atoms with Crippen LogP contribution in [0.1, 0.15) is 15.2 Å². The van der Waals surface area contributed by atoms with Crippen LogP contribution in [0.2, 0.25) is 5.02 Å². The van der Waals surface area contributed by atoms with Crippen molar-refractivity contribution in [3.63, 3.8) is 0 Å². The number of anilines is 3. The summed E-state index contributed by atoms with van der Waals surface area (Å²) in [6.45, 7) is 0. The molecule has 0 radical (unpaired) electrons. The minimum Gasteiger partial charge on any atom is -0.378 e. The number of benzene rings is 2. The van der Waals surface area contributed by atoms with E-state index < -0.39 is 0 Å². The van der Waals surface area contributed by atoms with E-state index in [9.17, 15) is 4.79 Å². The van der Waals surface area contributed by atoms with Crippen LogP contribution in [-0.2, 0) is 0 Å². The number of hydrogen-bond acceptors (Lipinski definition) is 7. The van der Waals surface area contributed by atoms with Gasteiger partial charge in [0.1, 0.15) is 10.7 Å². The molecule has 162 valence electrons. The van der Waals surface area contributed by atoms with Crippen molar-refractivity contribution >= 4 is 62.2 Å².